The normalized spacial score (nSPS) is 10.4. The molecule has 27 heavy (non-hydrogen) atoms. The number of anilines is 3. The van der Waals surface area contributed by atoms with Gasteiger partial charge in [0.05, 0.1) is 6.61 Å². The van der Waals surface area contributed by atoms with Gasteiger partial charge < -0.3 is 21.5 Å². The summed E-state index contributed by atoms with van der Waals surface area (Å²) in [4.78, 5) is 20.4. The molecular weight excluding hydrogens is 366 g/mol. The Morgan fingerprint density at radius 1 is 1.11 bits per heavy atom. The van der Waals surface area contributed by atoms with Gasteiger partial charge in [-0.15, -0.1) is 0 Å². The van der Waals surface area contributed by atoms with Crippen molar-refractivity contribution in [1.29, 1.82) is 0 Å². The van der Waals surface area contributed by atoms with Crippen LogP contribution in [0.25, 0.3) is 11.1 Å². The first kappa shape index (κ1) is 18.6. The predicted molar refractivity (Wildman–Crippen MR) is 106 cm³/mol. The molecule has 0 fully saturated rings. The van der Waals surface area contributed by atoms with Crippen molar-refractivity contribution in [2.24, 2.45) is 0 Å². The number of rotatable bonds is 6. The number of nitrogens with one attached hydrogen (secondary N) is 2. The van der Waals surface area contributed by atoms with Crippen LogP contribution < -0.4 is 16.4 Å². The molecule has 8 heteroatoms. The summed E-state index contributed by atoms with van der Waals surface area (Å²) in [6.45, 7) is 0.109. The highest BCUT2D eigenvalue weighted by Gasteiger charge is 2.10. The van der Waals surface area contributed by atoms with E-state index in [-0.39, 0.29) is 19.1 Å². The third kappa shape index (κ3) is 4.52. The molecule has 0 unspecified atom stereocenters. The first-order chi connectivity index (χ1) is 13.1. The number of aromatic nitrogens is 2. The summed E-state index contributed by atoms with van der Waals surface area (Å²) in [5.41, 5.74) is 8.68. The molecule has 2 aromatic carbocycles. The number of nitrogens with zero attached hydrogens (tertiary/aromatic N) is 2. The second kappa shape index (κ2) is 8.48. The molecule has 3 aromatic rings. The number of hydrogen-bond acceptors (Lipinski definition) is 6. The highest BCUT2D eigenvalue weighted by atomic mass is 35.5. The number of carbonyl (C=O) groups excluding carboxylic acids is 1. The van der Waals surface area contributed by atoms with Crippen LogP contribution in [0.3, 0.4) is 0 Å². The molecule has 1 aromatic heterocycles. The number of nitrogen functional groups attached to an aromatic ring is 1. The van der Waals surface area contributed by atoms with E-state index >= 15 is 0 Å². The zero-order chi connectivity index (χ0) is 19.2. The van der Waals surface area contributed by atoms with Crippen molar-refractivity contribution < 1.29 is 9.90 Å². The number of carbonyl (C=O) groups is 1. The van der Waals surface area contributed by atoms with Crippen molar-refractivity contribution in [2.75, 3.05) is 24.2 Å². The number of hydrogen-bond donors (Lipinski definition) is 4. The van der Waals surface area contributed by atoms with Gasteiger partial charge in [0.15, 0.2) is 0 Å². The monoisotopic (exact) mass is 383 g/mol. The van der Waals surface area contributed by atoms with Crippen LogP contribution in [0.2, 0.25) is 5.02 Å². The molecule has 3 rings (SSSR count). The first-order valence-corrected chi connectivity index (χ1v) is 8.60. The number of amides is 1. The maximum Gasteiger partial charge on any atom is 0.251 e. The molecule has 0 aliphatic heterocycles. The largest absolute Gasteiger partial charge is 0.395 e. The van der Waals surface area contributed by atoms with Crippen molar-refractivity contribution >= 4 is 35.0 Å². The fraction of sp³-hybridized carbons (Fsp3) is 0.105. The van der Waals surface area contributed by atoms with E-state index in [4.69, 9.17) is 22.4 Å². The Kier molecular flexibility index (Phi) is 5.85. The second-order valence-corrected chi connectivity index (χ2v) is 6.06. The van der Waals surface area contributed by atoms with Crippen LogP contribution in [0.1, 0.15) is 10.4 Å². The van der Waals surface area contributed by atoms with E-state index in [2.05, 4.69) is 20.6 Å². The van der Waals surface area contributed by atoms with Crippen LogP contribution >= 0.6 is 11.6 Å². The maximum atomic E-state index is 11.8. The highest BCUT2D eigenvalue weighted by Crippen LogP contribution is 2.31. The molecule has 0 spiro atoms. The van der Waals surface area contributed by atoms with Gasteiger partial charge in [-0.1, -0.05) is 29.8 Å². The second-order valence-electron chi connectivity index (χ2n) is 5.65. The molecule has 5 N–H and O–H groups in total. The van der Waals surface area contributed by atoms with Gasteiger partial charge >= 0.3 is 0 Å². The van der Waals surface area contributed by atoms with Gasteiger partial charge in [0.25, 0.3) is 5.91 Å². The fourth-order valence-corrected chi connectivity index (χ4v) is 2.69. The van der Waals surface area contributed by atoms with Crippen LogP contribution in [0.15, 0.2) is 54.7 Å². The lowest BCUT2D eigenvalue weighted by molar-refractivity contribution is 0.0945. The molecule has 0 radical (unpaired) electrons. The molecule has 0 atom stereocenters. The van der Waals surface area contributed by atoms with E-state index in [0.29, 0.717) is 33.6 Å². The Bertz CT molecular complexity index is 947. The molecule has 0 aliphatic rings. The zero-order valence-corrected chi connectivity index (χ0v) is 15.1. The molecule has 1 heterocycles. The minimum Gasteiger partial charge on any atom is -0.395 e. The van der Waals surface area contributed by atoms with Gasteiger partial charge in [0, 0.05) is 40.1 Å². The highest BCUT2D eigenvalue weighted by molar-refractivity contribution is 6.33. The van der Waals surface area contributed by atoms with E-state index in [1.807, 2.05) is 18.2 Å². The number of aliphatic hydroxyl groups excluding tert-OH is 1. The topological polar surface area (TPSA) is 113 Å². The van der Waals surface area contributed by atoms with Gasteiger partial charge in [-0.2, -0.15) is 4.98 Å². The lowest BCUT2D eigenvalue weighted by Crippen LogP contribution is -2.26. The van der Waals surface area contributed by atoms with Crippen molar-refractivity contribution in [3.8, 4) is 11.1 Å². The number of aliphatic hydroxyl groups is 1. The molecule has 7 nitrogen and oxygen atoms in total. The van der Waals surface area contributed by atoms with Crippen LogP contribution in [0, 0.1) is 0 Å². The Hall–Kier alpha value is -3.16. The summed E-state index contributed by atoms with van der Waals surface area (Å²) in [6.07, 6.45) is 1.61. The maximum absolute atomic E-state index is 11.8. The van der Waals surface area contributed by atoms with E-state index in [1.165, 1.54) is 0 Å². The molecule has 0 aliphatic carbocycles. The standard InChI is InChI=1S/C19H18ClN5O2/c20-16-4-2-1-3-14(16)15-11-23-19(25-17(15)21)24-13-7-5-12(6-8-13)18(27)22-9-10-26/h1-8,11,26H,9-10H2,(H,22,27)(H3,21,23,24,25). The van der Waals surface area contributed by atoms with E-state index in [1.54, 1.807) is 36.5 Å². The minimum atomic E-state index is -0.250. The van der Waals surface area contributed by atoms with Crippen LogP contribution in [-0.2, 0) is 0 Å². The Balaban J connectivity index is 1.74. The summed E-state index contributed by atoms with van der Waals surface area (Å²) in [6, 6.07) is 14.1. The summed E-state index contributed by atoms with van der Waals surface area (Å²) in [5.74, 6) is 0.390. The Morgan fingerprint density at radius 3 is 2.52 bits per heavy atom. The first-order valence-electron chi connectivity index (χ1n) is 8.22. The predicted octanol–water partition coefficient (Wildman–Crippen LogP) is 2.84. The quantitative estimate of drug-likeness (QED) is 0.520. The SMILES string of the molecule is Nc1nc(Nc2ccc(C(=O)NCCO)cc2)ncc1-c1ccccc1Cl. The van der Waals surface area contributed by atoms with Crippen molar-refractivity contribution in [1.82, 2.24) is 15.3 Å². The molecule has 0 saturated heterocycles. The molecule has 0 saturated carbocycles. The Labute approximate surface area is 161 Å². The van der Waals surface area contributed by atoms with Crippen LogP contribution in [0.5, 0.6) is 0 Å². The average Bonchev–Trinajstić information content (AvgIpc) is 2.68. The average molecular weight is 384 g/mol. The van der Waals surface area contributed by atoms with E-state index in [9.17, 15) is 4.79 Å². The summed E-state index contributed by atoms with van der Waals surface area (Å²) in [7, 11) is 0. The van der Waals surface area contributed by atoms with Gasteiger partial charge in [-0.25, -0.2) is 4.98 Å². The van der Waals surface area contributed by atoms with Gasteiger partial charge in [-0.3, -0.25) is 4.79 Å². The molecule has 138 valence electrons. The van der Waals surface area contributed by atoms with E-state index < -0.39 is 0 Å². The number of halogens is 1. The van der Waals surface area contributed by atoms with Crippen molar-refractivity contribution in [2.45, 2.75) is 0 Å². The zero-order valence-electron chi connectivity index (χ0n) is 14.3. The van der Waals surface area contributed by atoms with Gasteiger partial charge in [-0.05, 0) is 30.3 Å². The van der Waals surface area contributed by atoms with Crippen LogP contribution in [0.4, 0.5) is 17.5 Å². The summed E-state index contributed by atoms with van der Waals surface area (Å²) >= 11 is 6.20. The molecular formula is C19H18ClN5O2. The molecule has 1 amide bonds. The summed E-state index contributed by atoms with van der Waals surface area (Å²) in [5, 5.41) is 14.9. The fourth-order valence-electron chi connectivity index (χ4n) is 2.45. The minimum absolute atomic E-state index is 0.103. The third-order valence-corrected chi connectivity index (χ3v) is 4.11. The van der Waals surface area contributed by atoms with Crippen LogP contribution in [-0.4, -0.2) is 34.1 Å². The smallest absolute Gasteiger partial charge is 0.251 e. The lowest BCUT2D eigenvalue weighted by atomic mass is 10.1. The third-order valence-electron chi connectivity index (χ3n) is 3.78. The van der Waals surface area contributed by atoms with Gasteiger partial charge in [0.2, 0.25) is 5.95 Å². The van der Waals surface area contributed by atoms with Crippen molar-refractivity contribution in [3.05, 3.63) is 65.3 Å². The Morgan fingerprint density at radius 2 is 1.85 bits per heavy atom. The van der Waals surface area contributed by atoms with Crippen molar-refractivity contribution in [3.63, 3.8) is 0 Å². The lowest BCUT2D eigenvalue weighted by Gasteiger charge is -2.10. The van der Waals surface area contributed by atoms with E-state index in [0.717, 1.165) is 5.56 Å². The van der Waals surface area contributed by atoms with Gasteiger partial charge in [0.1, 0.15) is 5.82 Å². The summed E-state index contributed by atoms with van der Waals surface area (Å²) < 4.78 is 0. The number of nitrogens with two attached hydrogens (primary N) is 1. The molecule has 0 bridgehead atoms. The number of benzene rings is 2.